The van der Waals surface area contributed by atoms with Crippen molar-refractivity contribution in [2.24, 2.45) is 0 Å². The predicted molar refractivity (Wildman–Crippen MR) is 60.6 cm³/mol. The second-order valence-electron chi connectivity index (χ2n) is 3.05. The molecule has 0 bridgehead atoms. The minimum Gasteiger partial charge on any atom is -0.351 e. The number of amides is 2. The van der Waals surface area contributed by atoms with Gasteiger partial charge >= 0.3 is 6.03 Å². The van der Waals surface area contributed by atoms with Gasteiger partial charge in [0.15, 0.2) is 6.29 Å². The van der Waals surface area contributed by atoms with E-state index >= 15 is 0 Å². The number of hydrogen-bond donors (Lipinski definition) is 2. The van der Waals surface area contributed by atoms with E-state index < -0.39 is 12.3 Å². The lowest BCUT2D eigenvalue weighted by molar-refractivity contribution is -0.131. The van der Waals surface area contributed by atoms with Crippen molar-refractivity contribution in [3.63, 3.8) is 0 Å². The van der Waals surface area contributed by atoms with E-state index in [4.69, 9.17) is 14.0 Å². The first-order valence-corrected chi connectivity index (χ1v) is 5.45. The first-order chi connectivity index (χ1) is 8.26. The van der Waals surface area contributed by atoms with Crippen molar-refractivity contribution in [3.8, 4) is 0 Å². The maximum Gasteiger partial charge on any atom is 0.321 e. The van der Waals surface area contributed by atoms with Crippen LogP contribution in [0.15, 0.2) is 16.8 Å². The Balaban J connectivity index is 2.25. The van der Waals surface area contributed by atoms with Crippen molar-refractivity contribution in [3.05, 3.63) is 12.3 Å². The highest BCUT2D eigenvalue weighted by Crippen LogP contribution is 2.02. The zero-order valence-corrected chi connectivity index (χ0v) is 9.93. The molecule has 0 atom stereocenters. The highest BCUT2D eigenvalue weighted by Gasteiger charge is 2.10. The van der Waals surface area contributed by atoms with E-state index in [1.807, 2.05) is 13.8 Å². The first kappa shape index (κ1) is 13.5. The summed E-state index contributed by atoms with van der Waals surface area (Å²) in [5.74, 6) is 0.284. The van der Waals surface area contributed by atoms with Gasteiger partial charge in [0.1, 0.15) is 0 Å². The molecule has 0 saturated heterocycles. The molecule has 0 unspecified atom stereocenters. The lowest BCUT2D eigenvalue weighted by Gasteiger charge is -2.17. The second-order valence-corrected chi connectivity index (χ2v) is 3.05. The fourth-order valence-electron chi connectivity index (χ4n) is 1.15. The molecule has 2 amide bonds. The number of carbonyl (C=O) groups excluding carboxylic acids is 1. The van der Waals surface area contributed by atoms with Crippen LogP contribution >= 0.6 is 0 Å². The zero-order chi connectivity index (χ0) is 12.5. The molecular formula is C10H17N3O4. The Morgan fingerprint density at radius 1 is 1.47 bits per heavy atom. The number of ether oxygens (including phenoxy) is 2. The molecule has 7 nitrogen and oxygen atoms in total. The molecule has 0 aliphatic carbocycles. The average molecular weight is 243 g/mol. The molecule has 1 aromatic heterocycles. The average Bonchev–Trinajstić information content (AvgIpc) is 2.79. The van der Waals surface area contributed by atoms with Crippen LogP contribution in [0.5, 0.6) is 0 Å². The normalized spacial score (nSPS) is 10.5. The Morgan fingerprint density at radius 3 is 2.71 bits per heavy atom. The molecule has 0 fully saturated rings. The van der Waals surface area contributed by atoms with Crippen LogP contribution in [0.25, 0.3) is 0 Å². The molecule has 1 aromatic rings. The molecular weight excluding hydrogens is 226 g/mol. The Hall–Kier alpha value is -1.60. The van der Waals surface area contributed by atoms with Crippen molar-refractivity contribution in [2.45, 2.75) is 20.1 Å². The number of anilines is 1. The van der Waals surface area contributed by atoms with Gasteiger partial charge in [-0.15, -0.1) is 0 Å². The van der Waals surface area contributed by atoms with Crippen molar-refractivity contribution >= 4 is 11.9 Å². The molecule has 0 aliphatic heterocycles. The molecule has 0 spiro atoms. The van der Waals surface area contributed by atoms with Gasteiger partial charge < -0.3 is 19.3 Å². The summed E-state index contributed by atoms with van der Waals surface area (Å²) in [4.78, 5) is 11.4. The van der Waals surface area contributed by atoms with Crippen molar-refractivity contribution in [1.29, 1.82) is 0 Å². The van der Waals surface area contributed by atoms with E-state index in [9.17, 15) is 4.79 Å². The van der Waals surface area contributed by atoms with Crippen LogP contribution in [-0.4, -0.2) is 37.2 Å². The fourth-order valence-corrected chi connectivity index (χ4v) is 1.15. The highest BCUT2D eigenvalue weighted by atomic mass is 16.7. The van der Waals surface area contributed by atoms with E-state index in [0.717, 1.165) is 0 Å². The Bertz CT molecular complexity index is 309. The number of nitrogens with zero attached hydrogens (tertiary/aromatic N) is 1. The maximum absolute atomic E-state index is 11.4. The molecule has 17 heavy (non-hydrogen) atoms. The molecule has 1 heterocycles. The topological polar surface area (TPSA) is 85.6 Å². The number of hydrogen-bond acceptors (Lipinski definition) is 5. The smallest absolute Gasteiger partial charge is 0.321 e. The van der Waals surface area contributed by atoms with Gasteiger partial charge in [-0.25, -0.2) is 4.79 Å². The molecule has 96 valence electrons. The SMILES string of the molecule is CCOC(CNC(=O)Nc1ccno1)OCC. The van der Waals surface area contributed by atoms with Crippen LogP contribution in [-0.2, 0) is 9.47 Å². The number of rotatable bonds is 7. The molecule has 7 heteroatoms. The van der Waals surface area contributed by atoms with Crippen LogP contribution < -0.4 is 10.6 Å². The number of urea groups is 1. The summed E-state index contributed by atoms with van der Waals surface area (Å²) in [5.41, 5.74) is 0. The van der Waals surface area contributed by atoms with Gasteiger partial charge in [-0.3, -0.25) is 5.32 Å². The Morgan fingerprint density at radius 2 is 2.18 bits per heavy atom. The third kappa shape index (κ3) is 5.32. The quantitative estimate of drug-likeness (QED) is 0.703. The number of aromatic nitrogens is 1. The van der Waals surface area contributed by atoms with Crippen molar-refractivity contribution in [1.82, 2.24) is 10.5 Å². The highest BCUT2D eigenvalue weighted by molar-refractivity contribution is 5.87. The number of carbonyl (C=O) groups is 1. The van der Waals surface area contributed by atoms with Crippen LogP contribution in [0, 0.1) is 0 Å². The lowest BCUT2D eigenvalue weighted by atomic mass is 10.6. The maximum atomic E-state index is 11.4. The summed E-state index contributed by atoms with van der Waals surface area (Å²) in [7, 11) is 0. The fraction of sp³-hybridized carbons (Fsp3) is 0.600. The third-order valence-electron chi connectivity index (χ3n) is 1.81. The first-order valence-electron chi connectivity index (χ1n) is 5.45. The summed E-state index contributed by atoms with van der Waals surface area (Å²) < 4.78 is 15.3. The standard InChI is InChI=1S/C10H17N3O4/c1-3-15-9(16-4-2)7-11-10(14)13-8-5-6-12-17-8/h5-6,9H,3-4,7H2,1-2H3,(H2,11,13,14). The molecule has 2 N–H and O–H groups in total. The third-order valence-corrected chi connectivity index (χ3v) is 1.81. The van der Waals surface area contributed by atoms with Gasteiger partial charge in [0.25, 0.3) is 0 Å². The second kappa shape index (κ2) is 7.64. The van der Waals surface area contributed by atoms with E-state index in [1.165, 1.54) is 6.20 Å². The Labute approximate surface area is 99.4 Å². The van der Waals surface area contributed by atoms with E-state index in [2.05, 4.69) is 15.8 Å². The molecule has 0 aliphatic rings. The molecule has 0 saturated carbocycles. The van der Waals surface area contributed by atoms with Gasteiger partial charge in [0.05, 0.1) is 12.7 Å². The van der Waals surface area contributed by atoms with Gasteiger partial charge in [-0.05, 0) is 13.8 Å². The summed E-state index contributed by atoms with van der Waals surface area (Å²) in [6.07, 6.45) is 1.00. The van der Waals surface area contributed by atoms with Crippen LogP contribution in [0.1, 0.15) is 13.8 Å². The number of nitrogens with one attached hydrogen (secondary N) is 2. The zero-order valence-electron chi connectivity index (χ0n) is 9.93. The van der Waals surface area contributed by atoms with E-state index in [1.54, 1.807) is 6.07 Å². The van der Waals surface area contributed by atoms with Gasteiger partial charge in [0.2, 0.25) is 5.88 Å². The summed E-state index contributed by atoms with van der Waals surface area (Å²) in [6, 6.07) is 1.15. The monoisotopic (exact) mass is 243 g/mol. The van der Waals surface area contributed by atoms with E-state index in [0.29, 0.717) is 13.2 Å². The Kier molecular flexibility index (Phi) is 6.05. The molecule has 0 radical (unpaired) electrons. The van der Waals surface area contributed by atoms with Crippen LogP contribution in [0.4, 0.5) is 10.7 Å². The van der Waals surface area contributed by atoms with Crippen LogP contribution in [0.2, 0.25) is 0 Å². The molecule has 0 aromatic carbocycles. The minimum atomic E-state index is -0.439. The van der Waals surface area contributed by atoms with Crippen molar-refractivity contribution < 1.29 is 18.8 Å². The van der Waals surface area contributed by atoms with Gasteiger partial charge in [-0.1, -0.05) is 5.16 Å². The summed E-state index contributed by atoms with van der Waals surface area (Å²) >= 11 is 0. The summed E-state index contributed by atoms with van der Waals surface area (Å²) in [5, 5.41) is 8.54. The van der Waals surface area contributed by atoms with E-state index in [-0.39, 0.29) is 12.4 Å². The van der Waals surface area contributed by atoms with Crippen molar-refractivity contribution in [2.75, 3.05) is 25.1 Å². The predicted octanol–water partition coefficient (Wildman–Crippen LogP) is 1.20. The largest absolute Gasteiger partial charge is 0.351 e. The minimum absolute atomic E-state index is 0.266. The summed E-state index contributed by atoms with van der Waals surface area (Å²) in [6.45, 7) is 5.04. The van der Waals surface area contributed by atoms with Gasteiger partial charge in [0, 0.05) is 19.3 Å². The lowest BCUT2D eigenvalue weighted by Crippen LogP contribution is -2.37. The van der Waals surface area contributed by atoms with Crippen LogP contribution in [0.3, 0.4) is 0 Å². The molecule has 1 rings (SSSR count). The van der Waals surface area contributed by atoms with Gasteiger partial charge in [-0.2, -0.15) is 0 Å².